The molecule has 1 N–H and O–H groups in total. The summed E-state index contributed by atoms with van der Waals surface area (Å²) in [6.45, 7) is 10.6. The van der Waals surface area contributed by atoms with Gasteiger partial charge in [-0.2, -0.15) is 0 Å². The van der Waals surface area contributed by atoms with Gasteiger partial charge in [0.05, 0.1) is 0 Å². The van der Waals surface area contributed by atoms with Crippen molar-refractivity contribution in [1.82, 2.24) is 5.32 Å². The second-order valence-electron chi connectivity index (χ2n) is 4.05. The molecule has 0 saturated carbocycles. The molecule has 12 heavy (non-hydrogen) atoms. The molecular formula is C11H23N. The number of hydrogen-bond acceptors (Lipinski definition) is 1. The molecule has 0 radical (unpaired) electrons. The Kier molecular flexibility index (Phi) is 5.23. The van der Waals surface area contributed by atoms with E-state index in [1.807, 2.05) is 13.1 Å². The third kappa shape index (κ3) is 3.40. The summed E-state index contributed by atoms with van der Waals surface area (Å²) in [4.78, 5) is 0. The fraction of sp³-hybridized carbons (Fsp3) is 0.818. The lowest BCUT2D eigenvalue weighted by Crippen LogP contribution is -2.39. The molecule has 0 bridgehead atoms. The molecule has 0 spiro atoms. The average Bonchev–Trinajstić information content (AvgIpc) is 2.05. The summed E-state index contributed by atoms with van der Waals surface area (Å²) < 4.78 is 0. The van der Waals surface area contributed by atoms with Crippen LogP contribution >= 0.6 is 0 Å². The summed E-state index contributed by atoms with van der Waals surface area (Å²) in [6, 6.07) is 0.612. The number of hydrogen-bond donors (Lipinski definition) is 1. The topological polar surface area (TPSA) is 12.0 Å². The predicted molar refractivity (Wildman–Crippen MR) is 56.4 cm³/mol. The van der Waals surface area contributed by atoms with Crippen LogP contribution in [0.4, 0.5) is 0 Å². The first-order valence-electron chi connectivity index (χ1n) is 4.86. The van der Waals surface area contributed by atoms with E-state index in [0.717, 1.165) is 6.42 Å². The van der Waals surface area contributed by atoms with E-state index in [1.165, 1.54) is 12.8 Å². The second kappa shape index (κ2) is 5.36. The van der Waals surface area contributed by atoms with Crippen LogP contribution in [0.3, 0.4) is 0 Å². The summed E-state index contributed by atoms with van der Waals surface area (Å²) >= 11 is 0. The molecule has 1 unspecified atom stereocenters. The Morgan fingerprint density at radius 1 is 1.50 bits per heavy atom. The van der Waals surface area contributed by atoms with Crippen molar-refractivity contribution in [2.45, 2.75) is 46.1 Å². The maximum absolute atomic E-state index is 3.75. The summed E-state index contributed by atoms with van der Waals surface area (Å²) in [5, 5.41) is 3.38. The van der Waals surface area contributed by atoms with Crippen molar-refractivity contribution in [3.63, 3.8) is 0 Å². The first kappa shape index (κ1) is 11.7. The molecule has 0 aliphatic rings. The molecule has 0 saturated heterocycles. The van der Waals surface area contributed by atoms with Crippen molar-refractivity contribution in [3.8, 4) is 0 Å². The molecule has 0 aromatic carbocycles. The summed E-state index contributed by atoms with van der Waals surface area (Å²) in [5.74, 6) is 0. The van der Waals surface area contributed by atoms with E-state index in [1.54, 1.807) is 0 Å². The Hall–Kier alpha value is -0.300. The van der Waals surface area contributed by atoms with Crippen LogP contribution in [-0.2, 0) is 0 Å². The molecule has 0 aliphatic heterocycles. The minimum absolute atomic E-state index is 0.401. The molecule has 1 nitrogen and oxygen atoms in total. The van der Waals surface area contributed by atoms with Gasteiger partial charge < -0.3 is 5.32 Å². The van der Waals surface area contributed by atoms with Crippen LogP contribution in [0.15, 0.2) is 12.7 Å². The Balaban J connectivity index is 4.03. The Labute approximate surface area is 77.2 Å². The molecule has 0 aliphatic carbocycles. The SMILES string of the molecule is C=CCCC(NC)C(C)(C)CC. The smallest absolute Gasteiger partial charge is 0.0118 e. The van der Waals surface area contributed by atoms with Crippen molar-refractivity contribution in [1.29, 1.82) is 0 Å². The maximum Gasteiger partial charge on any atom is 0.0118 e. The molecule has 1 atom stereocenters. The summed E-state index contributed by atoms with van der Waals surface area (Å²) in [7, 11) is 2.05. The molecule has 0 fully saturated rings. The Morgan fingerprint density at radius 3 is 2.42 bits per heavy atom. The lowest BCUT2D eigenvalue weighted by Gasteiger charge is -2.33. The zero-order chi connectivity index (χ0) is 9.61. The highest BCUT2D eigenvalue weighted by Gasteiger charge is 2.25. The Morgan fingerprint density at radius 2 is 2.08 bits per heavy atom. The van der Waals surface area contributed by atoms with Crippen LogP contribution in [0.25, 0.3) is 0 Å². The highest BCUT2D eigenvalue weighted by atomic mass is 14.9. The van der Waals surface area contributed by atoms with E-state index in [-0.39, 0.29) is 0 Å². The quantitative estimate of drug-likeness (QED) is 0.603. The van der Waals surface area contributed by atoms with E-state index in [2.05, 4.69) is 32.7 Å². The Bertz CT molecular complexity index is 127. The molecule has 72 valence electrons. The van der Waals surface area contributed by atoms with Gasteiger partial charge in [0, 0.05) is 6.04 Å². The highest BCUT2D eigenvalue weighted by molar-refractivity contribution is 4.84. The van der Waals surface area contributed by atoms with Gasteiger partial charge in [-0.3, -0.25) is 0 Å². The second-order valence-corrected chi connectivity index (χ2v) is 4.05. The van der Waals surface area contributed by atoms with Crippen molar-refractivity contribution < 1.29 is 0 Å². The van der Waals surface area contributed by atoms with Gasteiger partial charge in [0.25, 0.3) is 0 Å². The average molecular weight is 169 g/mol. The number of nitrogens with one attached hydrogen (secondary N) is 1. The zero-order valence-electron chi connectivity index (χ0n) is 8.98. The van der Waals surface area contributed by atoms with Gasteiger partial charge in [0.1, 0.15) is 0 Å². The first-order valence-corrected chi connectivity index (χ1v) is 4.86. The van der Waals surface area contributed by atoms with Crippen molar-refractivity contribution in [2.75, 3.05) is 7.05 Å². The van der Waals surface area contributed by atoms with E-state index in [9.17, 15) is 0 Å². The van der Waals surface area contributed by atoms with Crippen molar-refractivity contribution in [3.05, 3.63) is 12.7 Å². The van der Waals surface area contributed by atoms with Crippen molar-refractivity contribution in [2.24, 2.45) is 5.41 Å². The van der Waals surface area contributed by atoms with Gasteiger partial charge >= 0.3 is 0 Å². The molecule has 0 aromatic heterocycles. The number of rotatable bonds is 6. The van der Waals surface area contributed by atoms with Gasteiger partial charge in [-0.15, -0.1) is 6.58 Å². The van der Waals surface area contributed by atoms with E-state index in [4.69, 9.17) is 0 Å². The summed E-state index contributed by atoms with van der Waals surface area (Å²) in [5.41, 5.74) is 0.401. The molecule has 0 rings (SSSR count). The normalized spacial score (nSPS) is 14.3. The van der Waals surface area contributed by atoms with Crippen LogP contribution in [0.1, 0.15) is 40.0 Å². The van der Waals surface area contributed by atoms with Gasteiger partial charge in [0.15, 0.2) is 0 Å². The van der Waals surface area contributed by atoms with Gasteiger partial charge in [-0.25, -0.2) is 0 Å². The van der Waals surface area contributed by atoms with Crippen LogP contribution in [-0.4, -0.2) is 13.1 Å². The zero-order valence-corrected chi connectivity index (χ0v) is 8.98. The standard InChI is InChI=1S/C11H23N/c1-6-8-9-10(12-5)11(3,4)7-2/h6,10,12H,1,7-9H2,2-5H3. The fourth-order valence-corrected chi connectivity index (χ4v) is 1.46. The predicted octanol–water partition coefficient (Wildman–Crippen LogP) is 2.98. The minimum atomic E-state index is 0.401. The minimum Gasteiger partial charge on any atom is -0.316 e. The van der Waals surface area contributed by atoms with E-state index < -0.39 is 0 Å². The third-order valence-electron chi connectivity index (χ3n) is 2.86. The van der Waals surface area contributed by atoms with Gasteiger partial charge in [-0.1, -0.05) is 26.8 Å². The van der Waals surface area contributed by atoms with Gasteiger partial charge in [0.2, 0.25) is 0 Å². The fourth-order valence-electron chi connectivity index (χ4n) is 1.46. The molecule has 1 heteroatoms. The summed E-state index contributed by atoms with van der Waals surface area (Å²) in [6.07, 6.45) is 5.52. The lowest BCUT2D eigenvalue weighted by atomic mass is 9.80. The van der Waals surface area contributed by atoms with E-state index in [0.29, 0.717) is 11.5 Å². The third-order valence-corrected chi connectivity index (χ3v) is 2.86. The monoisotopic (exact) mass is 169 g/mol. The largest absolute Gasteiger partial charge is 0.316 e. The molecule has 0 aromatic rings. The van der Waals surface area contributed by atoms with Crippen LogP contribution < -0.4 is 5.32 Å². The maximum atomic E-state index is 3.75. The van der Waals surface area contributed by atoms with E-state index >= 15 is 0 Å². The van der Waals surface area contributed by atoms with Crippen LogP contribution in [0.2, 0.25) is 0 Å². The lowest BCUT2D eigenvalue weighted by molar-refractivity contribution is 0.231. The first-order chi connectivity index (χ1) is 5.58. The number of allylic oxidation sites excluding steroid dienone is 1. The highest BCUT2D eigenvalue weighted by Crippen LogP contribution is 2.27. The van der Waals surface area contributed by atoms with Gasteiger partial charge in [-0.05, 0) is 31.7 Å². The van der Waals surface area contributed by atoms with Crippen molar-refractivity contribution >= 4 is 0 Å². The van der Waals surface area contributed by atoms with Crippen LogP contribution in [0.5, 0.6) is 0 Å². The molecule has 0 amide bonds. The van der Waals surface area contributed by atoms with Crippen LogP contribution in [0, 0.1) is 5.41 Å². The molecular weight excluding hydrogens is 146 g/mol. The molecule has 0 heterocycles.